The van der Waals surface area contributed by atoms with Gasteiger partial charge in [0.2, 0.25) is 0 Å². The van der Waals surface area contributed by atoms with Gasteiger partial charge in [-0.25, -0.2) is 4.39 Å². The van der Waals surface area contributed by atoms with E-state index in [4.69, 9.17) is 16.3 Å². The van der Waals surface area contributed by atoms with Crippen LogP contribution in [0.25, 0.3) is 0 Å². The molecule has 4 nitrogen and oxygen atoms in total. The summed E-state index contributed by atoms with van der Waals surface area (Å²) in [5.41, 5.74) is 0.0616. The van der Waals surface area contributed by atoms with Crippen molar-refractivity contribution in [2.24, 2.45) is 0 Å². The van der Waals surface area contributed by atoms with Gasteiger partial charge < -0.3 is 10.1 Å². The van der Waals surface area contributed by atoms with Gasteiger partial charge in [-0.3, -0.25) is 9.59 Å². The van der Waals surface area contributed by atoms with Crippen molar-refractivity contribution in [3.8, 4) is 0 Å². The SMILES string of the molecule is C[C@H](NC(=O)COC(=O)Cc1c(F)cccc1Cl)c1cccs1. The van der Waals surface area contributed by atoms with Crippen molar-refractivity contribution in [3.05, 3.63) is 57.0 Å². The van der Waals surface area contributed by atoms with Crippen LogP contribution in [0.15, 0.2) is 35.7 Å². The Morgan fingerprint density at radius 3 is 2.78 bits per heavy atom. The van der Waals surface area contributed by atoms with E-state index in [0.717, 1.165) is 4.88 Å². The van der Waals surface area contributed by atoms with Crippen LogP contribution in [0.1, 0.15) is 23.4 Å². The molecule has 1 heterocycles. The molecule has 0 saturated carbocycles. The number of rotatable bonds is 6. The Kier molecular flexibility index (Phi) is 6.12. The normalized spacial score (nSPS) is 11.8. The molecule has 0 aliphatic carbocycles. The molecule has 0 spiro atoms. The smallest absolute Gasteiger partial charge is 0.310 e. The van der Waals surface area contributed by atoms with E-state index in [0.29, 0.717) is 0 Å². The lowest BCUT2D eigenvalue weighted by Crippen LogP contribution is -2.31. The molecule has 0 radical (unpaired) electrons. The van der Waals surface area contributed by atoms with Gasteiger partial charge in [-0.05, 0) is 30.5 Å². The zero-order chi connectivity index (χ0) is 16.8. The number of halogens is 2. The van der Waals surface area contributed by atoms with E-state index in [1.54, 1.807) is 0 Å². The van der Waals surface area contributed by atoms with E-state index in [1.807, 2.05) is 24.4 Å². The first-order chi connectivity index (χ1) is 11.0. The lowest BCUT2D eigenvalue weighted by Gasteiger charge is -2.12. The number of thiophene rings is 1. The van der Waals surface area contributed by atoms with Gasteiger partial charge in [-0.15, -0.1) is 11.3 Å². The maximum Gasteiger partial charge on any atom is 0.310 e. The summed E-state index contributed by atoms with van der Waals surface area (Å²) in [5.74, 6) is -1.71. The second-order valence-corrected chi connectivity index (χ2v) is 6.23. The Morgan fingerprint density at radius 1 is 1.35 bits per heavy atom. The highest BCUT2D eigenvalue weighted by Crippen LogP contribution is 2.20. The van der Waals surface area contributed by atoms with E-state index in [1.165, 1.54) is 29.5 Å². The molecular formula is C16H15ClFNO3S. The first-order valence-electron chi connectivity index (χ1n) is 6.88. The van der Waals surface area contributed by atoms with E-state index in [-0.39, 0.29) is 23.0 Å². The predicted octanol–water partition coefficient (Wildman–Crippen LogP) is 3.50. The third-order valence-corrected chi connectivity index (χ3v) is 4.50. The van der Waals surface area contributed by atoms with Crippen LogP contribution in [-0.4, -0.2) is 18.5 Å². The van der Waals surface area contributed by atoms with Gasteiger partial charge in [0.25, 0.3) is 5.91 Å². The van der Waals surface area contributed by atoms with E-state index >= 15 is 0 Å². The standard InChI is InChI=1S/C16H15ClFNO3S/c1-10(14-6-3-7-23-14)19-15(20)9-22-16(21)8-11-12(17)4-2-5-13(11)18/h2-7,10H,8-9H2,1H3,(H,19,20)/t10-/m0/s1. The van der Waals surface area contributed by atoms with Crippen LogP contribution in [0.5, 0.6) is 0 Å². The second kappa shape index (κ2) is 8.08. The van der Waals surface area contributed by atoms with Gasteiger partial charge >= 0.3 is 5.97 Å². The van der Waals surface area contributed by atoms with Gasteiger partial charge in [-0.2, -0.15) is 0 Å². The summed E-state index contributed by atoms with van der Waals surface area (Å²) in [4.78, 5) is 24.5. The maximum absolute atomic E-state index is 13.6. The average molecular weight is 356 g/mol. The topological polar surface area (TPSA) is 55.4 Å². The summed E-state index contributed by atoms with van der Waals surface area (Å²) in [5, 5.41) is 4.78. The lowest BCUT2D eigenvalue weighted by atomic mass is 10.1. The van der Waals surface area contributed by atoms with Gasteiger partial charge in [-0.1, -0.05) is 23.7 Å². The molecule has 1 amide bonds. The van der Waals surface area contributed by atoms with Crippen LogP contribution in [0, 0.1) is 5.82 Å². The van der Waals surface area contributed by atoms with Crippen molar-refractivity contribution < 1.29 is 18.7 Å². The Bertz CT molecular complexity index is 670. The number of hydrogen-bond donors (Lipinski definition) is 1. The molecular weight excluding hydrogens is 341 g/mol. The molecule has 2 rings (SSSR count). The molecule has 1 N–H and O–H groups in total. The van der Waals surface area contributed by atoms with Crippen LogP contribution in [-0.2, 0) is 20.7 Å². The fourth-order valence-electron chi connectivity index (χ4n) is 1.93. The van der Waals surface area contributed by atoms with Crippen LogP contribution < -0.4 is 5.32 Å². The van der Waals surface area contributed by atoms with Crippen molar-refractivity contribution >= 4 is 34.8 Å². The molecule has 122 valence electrons. The molecule has 0 fully saturated rings. The predicted molar refractivity (Wildman–Crippen MR) is 86.9 cm³/mol. The molecule has 7 heteroatoms. The number of hydrogen-bond acceptors (Lipinski definition) is 4. The van der Waals surface area contributed by atoms with Crippen LogP contribution in [0.4, 0.5) is 4.39 Å². The fourth-order valence-corrected chi connectivity index (χ4v) is 2.90. The summed E-state index contributed by atoms with van der Waals surface area (Å²) in [7, 11) is 0. The van der Waals surface area contributed by atoms with Crippen LogP contribution in [0.3, 0.4) is 0 Å². The van der Waals surface area contributed by atoms with E-state index < -0.39 is 24.3 Å². The summed E-state index contributed by atoms with van der Waals surface area (Å²) >= 11 is 7.36. The van der Waals surface area contributed by atoms with Gasteiger partial charge in [0.05, 0.1) is 12.5 Å². The average Bonchev–Trinajstić information content (AvgIpc) is 3.03. The monoisotopic (exact) mass is 355 g/mol. The molecule has 0 aliphatic rings. The Morgan fingerprint density at radius 2 is 2.13 bits per heavy atom. The highest BCUT2D eigenvalue weighted by molar-refractivity contribution is 7.10. The van der Waals surface area contributed by atoms with E-state index in [2.05, 4.69) is 5.32 Å². The van der Waals surface area contributed by atoms with Gasteiger partial charge in [0, 0.05) is 15.5 Å². The Hall–Kier alpha value is -1.92. The van der Waals surface area contributed by atoms with E-state index in [9.17, 15) is 14.0 Å². The number of esters is 1. The number of benzene rings is 1. The highest BCUT2D eigenvalue weighted by atomic mass is 35.5. The number of amides is 1. The molecule has 1 aromatic heterocycles. The highest BCUT2D eigenvalue weighted by Gasteiger charge is 2.15. The third-order valence-electron chi connectivity index (χ3n) is 3.09. The molecule has 1 aromatic carbocycles. The minimum Gasteiger partial charge on any atom is -0.455 e. The van der Waals surface area contributed by atoms with Crippen molar-refractivity contribution in [1.82, 2.24) is 5.32 Å². The van der Waals surface area contributed by atoms with Crippen LogP contribution in [0.2, 0.25) is 5.02 Å². The molecule has 0 aliphatic heterocycles. The first kappa shape index (κ1) is 17.4. The largest absolute Gasteiger partial charge is 0.455 e. The van der Waals surface area contributed by atoms with Crippen molar-refractivity contribution in [2.75, 3.05) is 6.61 Å². The maximum atomic E-state index is 13.6. The summed E-state index contributed by atoms with van der Waals surface area (Å²) in [6.45, 7) is 1.42. The van der Waals surface area contributed by atoms with Crippen molar-refractivity contribution in [1.29, 1.82) is 0 Å². The van der Waals surface area contributed by atoms with Crippen LogP contribution >= 0.6 is 22.9 Å². The summed E-state index contributed by atoms with van der Waals surface area (Å²) in [6.07, 6.45) is -0.320. The third kappa shape index (κ3) is 5.04. The summed E-state index contributed by atoms with van der Waals surface area (Å²) in [6, 6.07) is 7.78. The van der Waals surface area contributed by atoms with Gasteiger partial charge in [0.15, 0.2) is 6.61 Å². The van der Waals surface area contributed by atoms with Crippen molar-refractivity contribution in [3.63, 3.8) is 0 Å². The number of nitrogens with one attached hydrogen (secondary N) is 1. The first-order valence-corrected chi connectivity index (χ1v) is 8.14. The molecule has 2 aromatic rings. The number of carbonyl (C=O) groups is 2. The number of ether oxygens (including phenoxy) is 1. The zero-order valence-corrected chi connectivity index (χ0v) is 13.9. The number of carbonyl (C=O) groups excluding carboxylic acids is 2. The Balaban J connectivity index is 1.81. The quantitative estimate of drug-likeness (QED) is 0.807. The Labute approximate surface area is 142 Å². The minimum absolute atomic E-state index is 0.0616. The lowest BCUT2D eigenvalue weighted by molar-refractivity contribution is -0.148. The molecule has 23 heavy (non-hydrogen) atoms. The molecule has 0 saturated heterocycles. The fraction of sp³-hybridized carbons (Fsp3) is 0.250. The molecule has 0 bridgehead atoms. The second-order valence-electron chi connectivity index (χ2n) is 4.84. The molecule has 0 unspecified atom stereocenters. The van der Waals surface area contributed by atoms with Gasteiger partial charge in [0.1, 0.15) is 5.82 Å². The zero-order valence-electron chi connectivity index (χ0n) is 12.3. The summed E-state index contributed by atoms with van der Waals surface area (Å²) < 4.78 is 18.4. The van der Waals surface area contributed by atoms with Crippen molar-refractivity contribution in [2.45, 2.75) is 19.4 Å². The minimum atomic E-state index is -0.712. The molecule has 1 atom stereocenters.